The molecule has 0 fully saturated rings. The molecule has 0 aliphatic carbocycles. The van der Waals surface area contributed by atoms with Gasteiger partial charge in [-0.15, -0.1) is 22.7 Å². The van der Waals surface area contributed by atoms with Gasteiger partial charge >= 0.3 is 0 Å². The van der Waals surface area contributed by atoms with Crippen molar-refractivity contribution in [1.29, 1.82) is 0 Å². The molecule has 0 amide bonds. The summed E-state index contributed by atoms with van der Waals surface area (Å²) < 4.78 is 5.26. The lowest BCUT2D eigenvalue weighted by Gasteiger charge is -2.11. The van der Waals surface area contributed by atoms with Crippen molar-refractivity contribution in [3.05, 3.63) is 194 Å². The molecular weight excluding hydrogens is 741 g/mol. The second-order valence-corrected chi connectivity index (χ2v) is 17.0. The number of aromatic nitrogens is 2. The van der Waals surface area contributed by atoms with Crippen LogP contribution in [-0.4, -0.2) is 9.97 Å². The van der Waals surface area contributed by atoms with Gasteiger partial charge in [-0.2, -0.15) is 0 Å². The Bertz CT molecular complexity index is 3580. The van der Waals surface area contributed by atoms with E-state index >= 15 is 0 Å². The summed E-state index contributed by atoms with van der Waals surface area (Å²) in [4.78, 5) is 9.75. The molecule has 0 aliphatic rings. The Kier molecular flexibility index (Phi) is 7.62. The largest absolute Gasteiger partial charge is 0.236 e. The van der Waals surface area contributed by atoms with Crippen LogP contribution in [0.2, 0.25) is 0 Å². The lowest BCUT2D eigenvalue weighted by molar-refractivity contribution is 1.23. The van der Waals surface area contributed by atoms with E-state index in [0.717, 1.165) is 32.9 Å². The maximum Gasteiger partial charge on any atom is 0.116 e. The maximum atomic E-state index is 4.89. The molecule has 270 valence electrons. The van der Waals surface area contributed by atoms with Crippen molar-refractivity contribution in [2.75, 3.05) is 0 Å². The second kappa shape index (κ2) is 13.3. The highest BCUT2D eigenvalue weighted by Gasteiger charge is 2.16. The van der Waals surface area contributed by atoms with Crippen molar-refractivity contribution in [3.8, 4) is 55.8 Å². The van der Waals surface area contributed by atoms with Gasteiger partial charge in [0.2, 0.25) is 0 Å². The molecule has 0 aliphatic heterocycles. The fourth-order valence-electron chi connectivity index (χ4n) is 8.78. The van der Waals surface area contributed by atoms with Crippen LogP contribution in [-0.2, 0) is 0 Å². The van der Waals surface area contributed by atoms with Crippen molar-refractivity contribution in [2.24, 2.45) is 0 Å². The average Bonchev–Trinajstić information content (AvgIpc) is 3.87. The molecule has 0 bridgehead atoms. The third kappa shape index (κ3) is 5.37. The standard InChI is InChI=1S/C54H32N2S2/c1-2-10-33(11-3-1)36-24-27-50-48(31-36)46-20-9-18-43(54(46)58-50)38-14-7-15-40(30-38)51-47-26-23-39-29-35(22-25-41(39)52(47)56-32-55-51)34-12-6-13-37(28-34)42-17-8-19-45-44-16-4-5-21-49(44)57-53(42)45/h1-32H. The average molecular weight is 773 g/mol. The van der Waals surface area contributed by atoms with Gasteiger partial charge in [-0.3, -0.25) is 0 Å². The minimum Gasteiger partial charge on any atom is -0.236 e. The first-order chi connectivity index (χ1) is 28.7. The molecule has 2 nitrogen and oxygen atoms in total. The number of nitrogens with zero attached hydrogens (tertiary/aromatic N) is 2. The molecule has 9 aromatic carbocycles. The maximum absolute atomic E-state index is 4.89. The topological polar surface area (TPSA) is 25.8 Å². The number of benzene rings is 9. The second-order valence-electron chi connectivity index (χ2n) is 14.9. The minimum absolute atomic E-state index is 0.942. The summed E-state index contributed by atoms with van der Waals surface area (Å²) in [5.74, 6) is 0. The molecule has 3 aromatic heterocycles. The Balaban J connectivity index is 0.909. The summed E-state index contributed by atoms with van der Waals surface area (Å²) >= 11 is 3.74. The van der Waals surface area contributed by atoms with Gasteiger partial charge in [-0.25, -0.2) is 9.97 Å². The summed E-state index contributed by atoms with van der Waals surface area (Å²) in [5, 5.41) is 8.56. The van der Waals surface area contributed by atoms with Crippen molar-refractivity contribution >= 4 is 84.7 Å². The summed E-state index contributed by atoms with van der Waals surface area (Å²) in [6.45, 7) is 0. The number of rotatable bonds is 5. The van der Waals surface area contributed by atoms with Crippen molar-refractivity contribution in [3.63, 3.8) is 0 Å². The van der Waals surface area contributed by atoms with E-state index in [-0.39, 0.29) is 0 Å². The quantitative estimate of drug-likeness (QED) is 0.163. The van der Waals surface area contributed by atoms with E-state index < -0.39 is 0 Å². The van der Waals surface area contributed by atoms with Crippen LogP contribution >= 0.6 is 22.7 Å². The Hall–Kier alpha value is -6.98. The van der Waals surface area contributed by atoms with Crippen LogP contribution in [0.25, 0.3) is 118 Å². The molecule has 12 aromatic rings. The highest BCUT2D eigenvalue weighted by atomic mass is 32.1. The van der Waals surface area contributed by atoms with Crippen LogP contribution in [0, 0.1) is 0 Å². The van der Waals surface area contributed by atoms with Crippen LogP contribution in [0.5, 0.6) is 0 Å². The zero-order valence-corrected chi connectivity index (χ0v) is 32.8. The number of hydrogen-bond donors (Lipinski definition) is 0. The highest BCUT2D eigenvalue weighted by molar-refractivity contribution is 7.26. The molecule has 3 heterocycles. The van der Waals surface area contributed by atoms with E-state index in [2.05, 4.69) is 188 Å². The molecule has 0 saturated heterocycles. The Labute approximate surface area is 343 Å². The van der Waals surface area contributed by atoms with Crippen LogP contribution in [0.4, 0.5) is 0 Å². The number of thiophene rings is 2. The van der Waals surface area contributed by atoms with E-state index in [4.69, 9.17) is 9.97 Å². The zero-order chi connectivity index (χ0) is 38.2. The van der Waals surface area contributed by atoms with E-state index in [9.17, 15) is 0 Å². The summed E-state index contributed by atoms with van der Waals surface area (Å²) in [6.07, 6.45) is 1.72. The molecule has 58 heavy (non-hydrogen) atoms. The van der Waals surface area contributed by atoms with Crippen LogP contribution in [0.3, 0.4) is 0 Å². The SMILES string of the molecule is c1ccc(-c2ccc3sc4c(-c5cccc(-c6ncnc7c6ccc6cc(-c8cccc(-c9cccc%10c9sc9ccccc9%10)c8)ccc67)c5)cccc4c3c2)cc1. The van der Waals surface area contributed by atoms with Gasteiger partial charge in [0.1, 0.15) is 6.33 Å². The Morgan fingerprint density at radius 1 is 0.310 bits per heavy atom. The molecular formula is C54H32N2S2. The monoisotopic (exact) mass is 772 g/mol. The fraction of sp³-hybridized carbons (Fsp3) is 0. The van der Waals surface area contributed by atoms with Gasteiger partial charge < -0.3 is 0 Å². The predicted octanol–water partition coefficient (Wildman–Crippen LogP) is 15.9. The van der Waals surface area contributed by atoms with Gasteiger partial charge in [-0.05, 0) is 92.4 Å². The lowest BCUT2D eigenvalue weighted by Crippen LogP contribution is -1.91. The van der Waals surface area contributed by atoms with E-state index in [1.807, 2.05) is 22.7 Å². The minimum atomic E-state index is 0.942. The summed E-state index contributed by atoms with van der Waals surface area (Å²) in [7, 11) is 0. The van der Waals surface area contributed by atoms with Gasteiger partial charge in [0.15, 0.2) is 0 Å². The van der Waals surface area contributed by atoms with Gasteiger partial charge in [0, 0.05) is 56.7 Å². The molecule has 0 saturated carbocycles. The van der Waals surface area contributed by atoms with E-state index in [1.165, 1.54) is 84.9 Å². The van der Waals surface area contributed by atoms with E-state index in [0.29, 0.717) is 0 Å². The number of fused-ring (bicyclic) bond motifs is 9. The van der Waals surface area contributed by atoms with Gasteiger partial charge in [0.05, 0.1) is 11.2 Å². The smallest absolute Gasteiger partial charge is 0.116 e. The lowest BCUT2D eigenvalue weighted by atomic mass is 9.95. The molecule has 0 radical (unpaired) electrons. The molecule has 0 spiro atoms. The van der Waals surface area contributed by atoms with Gasteiger partial charge in [-0.1, -0.05) is 146 Å². The van der Waals surface area contributed by atoms with E-state index in [1.54, 1.807) is 6.33 Å². The van der Waals surface area contributed by atoms with Crippen molar-refractivity contribution < 1.29 is 0 Å². The van der Waals surface area contributed by atoms with Gasteiger partial charge in [0.25, 0.3) is 0 Å². The predicted molar refractivity (Wildman–Crippen MR) is 250 cm³/mol. The van der Waals surface area contributed by atoms with Crippen LogP contribution in [0.1, 0.15) is 0 Å². The third-order valence-electron chi connectivity index (χ3n) is 11.6. The van der Waals surface area contributed by atoms with Crippen molar-refractivity contribution in [1.82, 2.24) is 9.97 Å². The first kappa shape index (κ1) is 33.2. The molecule has 0 N–H and O–H groups in total. The normalized spacial score (nSPS) is 11.8. The third-order valence-corrected chi connectivity index (χ3v) is 14.0. The Morgan fingerprint density at radius 2 is 0.879 bits per heavy atom. The summed E-state index contributed by atoms with van der Waals surface area (Å²) in [5.41, 5.74) is 12.8. The first-order valence-corrected chi connectivity index (χ1v) is 21.2. The highest BCUT2D eigenvalue weighted by Crippen LogP contribution is 2.43. The Morgan fingerprint density at radius 3 is 1.69 bits per heavy atom. The van der Waals surface area contributed by atoms with Crippen LogP contribution in [0.15, 0.2) is 194 Å². The van der Waals surface area contributed by atoms with Crippen LogP contribution < -0.4 is 0 Å². The van der Waals surface area contributed by atoms with Crippen molar-refractivity contribution in [2.45, 2.75) is 0 Å². The number of hydrogen-bond acceptors (Lipinski definition) is 4. The molecule has 12 rings (SSSR count). The zero-order valence-electron chi connectivity index (χ0n) is 31.2. The molecule has 0 atom stereocenters. The molecule has 0 unspecified atom stereocenters. The first-order valence-electron chi connectivity index (χ1n) is 19.5. The summed E-state index contributed by atoms with van der Waals surface area (Å²) in [6, 6.07) is 68.5. The fourth-order valence-corrected chi connectivity index (χ4v) is 11.2. The molecule has 4 heteroatoms.